The van der Waals surface area contributed by atoms with E-state index in [2.05, 4.69) is 25.8 Å². The first-order chi connectivity index (χ1) is 8.63. The molecule has 2 aromatic rings. The second-order valence-corrected chi connectivity index (χ2v) is 5.02. The fraction of sp³-hybridized carbons (Fsp3) is 0.312. The molecule has 2 nitrogen and oxygen atoms in total. The van der Waals surface area contributed by atoms with Crippen LogP contribution in [0.1, 0.15) is 25.0 Å². The van der Waals surface area contributed by atoms with Gasteiger partial charge < -0.3 is 4.74 Å². The number of nitrogens with zero attached hydrogens (tertiary/aromatic N) is 1. The highest BCUT2D eigenvalue weighted by molar-refractivity contribution is 5.31. The van der Waals surface area contributed by atoms with Gasteiger partial charge in [0.15, 0.2) is 0 Å². The molecule has 94 valence electrons. The van der Waals surface area contributed by atoms with Crippen LogP contribution in [0, 0.1) is 12.8 Å². The second kappa shape index (κ2) is 5.67. The summed E-state index contributed by atoms with van der Waals surface area (Å²) in [5.41, 5.74) is 2.49. The zero-order chi connectivity index (χ0) is 13.0. The largest absolute Gasteiger partial charge is 0.439 e. The minimum atomic E-state index is 0.639. The number of rotatable bonds is 4. The van der Waals surface area contributed by atoms with Crippen molar-refractivity contribution in [2.75, 3.05) is 0 Å². The molecule has 0 saturated heterocycles. The van der Waals surface area contributed by atoms with Gasteiger partial charge in [-0.05, 0) is 43.0 Å². The van der Waals surface area contributed by atoms with E-state index in [9.17, 15) is 0 Å². The average Bonchev–Trinajstić information content (AvgIpc) is 2.32. The van der Waals surface area contributed by atoms with E-state index in [1.165, 1.54) is 11.1 Å². The van der Waals surface area contributed by atoms with E-state index in [1.54, 1.807) is 6.20 Å². The molecule has 1 aromatic carbocycles. The standard InChI is InChI=1S/C16H19NO/c1-12(2)10-14-8-9-17-16(11-14)18-15-6-4-13(3)5-7-15/h4-9,11-12H,10H2,1-3H3. The molecule has 0 N–H and O–H groups in total. The Balaban J connectivity index is 2.11. The predicted molar refractivity (Wildman–Crippen MR) is 74.0 cm³/mol. The summed E-state index contributed by atoms with van der Waals surface area (Å²) in [4.78, 5) is 4.24. The van der Waals surface area contributed by atoms with Crippen molar-refractivity contribution in [1.82, 2.24) is 4.98 Å². The van der Waals surface area contributed by atoms with Crippen molar-refractivity contribution in [2.24, 2.45) is 5.92 Å². The van der Waals surface area contributed by atoms with Crippen molar-refractivity contribution in [3.8, 4) is 11.6 Å². The van der Waals surface area contributed by atoms with Crippen LogP contribution in [-0.4, -0.2) is 4.98 Å². The molecule has 0 aliphatic carbocycles. The molecule has 0 aliphatic rings. The minimum absolute atomic E-state index is 0.639. The zero-order valence-corrected chi connectivity index (χ0v) is 11.2. The Morgan fingerprint density at radius 3 is 2.50 bits per heavy atom. The second-order valence-electron chi connectivity index (χ2n) is 5.02. The molecule has 0 amide bonds. The maximum Gasteiger partial charge on any atom is 0.219 e. The van der Waals surface area contributed by atoms with Gasteiger partial charge in [0.1, 0.15) is 5.75 Å². The molecule has 0 atom stereocenters. The SMILES string of the molecule is Cc1ccc(Oc2cc(CC(C)C)ccn2)cc1. The van der Waals surface area contributed by atoms with Crippen LogP contribution in [0.2, 0.25) is 0 Å². The van der Waals surface area contributed by atoms with Crippen molar-refractivity contribution < 1.29 is 4.74 Å². The van der Waals surface area contributed by atoms with E-state index in [4.69, 9.17) is 4.74 Å². The number of benzene rings is 1. The number of hydrogen-bond donors (Lipinski definition) is 0. The van der Waals surface area contributed by atoms with E-state index in [-0.39, 0.29) is 0 Å². The van der Waals surface area contributed by atoms with E-state index in [0.29, 0.717) is 11.8 Å². The average molecular weight is 241 g/mol. The van der Waals surface area contributed by atoms with Gasteiger partial charge in [-0.1, -0.05) is 31.5 Å². The molecule has 0 unspecified atom stereocenters. The molecule has 18 heavy (non-hydrogen) atoms. The lowest BCUT2D eigenvalue weighted by Crippen LogP contribution is -1.95. The summed E-state index contributed by atoms with van der Waals surface area (Å²) in [5.74, 6) is 2.13. The third-order valence-corrected chi connectivity index (χ3v) is 2.69. The number of aryl methyl sites for hydroxylation is 1. The van der Waals surface area contributed by atoms with Crippen molar-refractivity contribution in [1.29, 1.82) is 0 Å². The zero-order valence-electron chi connectivity index (χ0n) is 11.2. The third-order valence-electron chi connectivity index (χ3n) is 2.69. The summed E-state index contributed by atoms with van der Waals surface area (Å²) in [5, 5.41) is 0. The van der Waals surface area contributed by atoms with Crippen LogP contribution in [0.3, 0.4) is 0 Å². The monoisotopic (exact) mass is 241 g/mol. The number of aromatic nitrogens is 1. The quantitative estimate of drug-likeness (QED) is 0.792. The Bertz CT molecular complexity index is 503. The van der Waals surface area contributed by atoms with Crippen LogP contribution in [0.4, 0.5) is 0 Å². The van der Waals surface area contributed by atoms with Gasteiger partial charge in [0, 0.05) is 12.3 Å². The van der Waals surface area contributed by atoms with Crippen molar-refractivity contribution in [3.63, 3.8) is 0 Å². The van der Waals surface area contributed by atoms with Gasteiger partial charge in [-0.25, -0.2) is 4.98 Å². The summed E-state index contributed by atoms with van der Waals surface area (Å²) >= 11 is 0. The summed E-state index contributed by atoms with van der Waals surface area (Å²) in [6.45, 7) is 6.48. The molecule has 1 heterocycles. The maximum atomic E-state index is 5.74. The van der Waals surface area contributed by atoms with E-state index in [1.807, 2.05) is 36.4 Å². The topological polar surface area (TPSA) is 22.1 Å². The summed E-state index contributed by atoms with van der Waals surface area (Å²) < 4.78 is 5.74. The highest BCUT2D eigenvalue weighted by Gasteiger charge is 2.02. The van der Waals surface area contributed by atoms with Gasteiger partial charge in [-0.2, -0.15) is 0 Å². The Morgan fingerprint density at radius 2 is 1.83 bits per heavy atom. The van der Waals surface area contributed by atoms with E-state index in [0.717, 1.165) is 12.2 Å². The van der Waals surface area contributed by atoms with Gasteiger partial charge in [-0.15, -0.1) is 0 Å². The van der Waals surface area contributed by atoms with Crippen LogP contribution < -0.4 is 4.74 Å². The van der Waals surface area contributed by atoms with Gasteiger partial charge in [0.05, 0.1) is 0 Å². The smallest absolute Gasteiger partial charge is 0.219 e. The van der Waals surface area contributed by atoms with Gasteiger partial charge >= 0.3 is 0 Å². The lowest BCUT2D eigenvalue weighted by molar-refractivity contribution is 0.461. The van der Waals surface area contributed by atoms with Gasteiger partial charge in [0.2, 0.25) is 5.88 Å². The predicted octanol–water partition coefficient (Wildman–Crippen LogP) is 4.38. The molecule has 0 bridgehead atoms. The number of hydrogen-bond acceptors (Lipinski definition) is 2. The number of pyridine rings is 1. The Labute approximate surface area is 109 Å². The summed E-state index contributed by atoms with van der Waals surface area (Å²) in [6, 6.07) is 12.1. The first-order valence-electron chi connectivity index (χ1n) is 6.33. The molecule has 0 radical (unpaired) electrons. The highest BCUT2D eigenvalue weighted by Crippen LogP contribution is 2.21. The molecule has 0 aliphatic heterocycles. The van der Waals surface area contributed by atoms with Crippen LogP contribution in [0.15, 0.2) is 42.6 Å². The van der Waals surface area contributed by atoms with E-state index < -0.39 is 0 Å². The lowest BCUT2D eigenvalue weighted by atomic mass is 10.0. The molecular formula is C16H19NO. The van der Waals surface area contributed by atoms with Crippen molar-refractivity contribution in [2.45, 2.75) is 27.2 Å². The van der Waals surface area contributed by atoms with Gasteiger partial charge in [-0.3, -0.25) is 0 Å². The van der Waals surface area contributed by atoms with Crippen LogP contribution in [0.25, 0.3) is 0 Å². The summed E-state index contributed by atoms with van der Waals surface area (Å²) in [6.07, 6.45) is 2.86. The van der Waals surface area contributed by atoms with Crippen LogP contribution in [-0.2, 0) is 6.42 Å². The molecule has 2 heteroatoms. The van der Waals surface area contributed by atoms with Crippen LogP contribution in [0.5, 0.6) is 11.6 Å². The summed E-state index contributed by atoms with van der Waals surface area (Å²) in [7, 11) is 0. The van der Waals surface area contributed by atoms with Crippen molar-refractivity contribution in [3.05, 3.63) is 53.7 Å². The van der Waals surface area contributed by atoms with Crippen LogP contribution >= 0.6 is 0 Å². The minimum Gasteiger partial charge on any atom is -0.439 e. The Morgan fingerprint density at radius 1 is 1.11 bits per heavy atom. The Hall–Kier alpha value is -1.83. The molecule has 0 saturated carbocycles. The third kappa shape index (κ3) is 3.59. The molecular weight excluding hydrogens is 222 g/mol. The van der Waals surface area contributed by atoms with E-state index >= 15 is 0 Å². The fourth-order valence-corrected chi connectivity index (χ4v) is 1.83. The molecule has 0 spiro atoms. The lowest BCUT2D eigenvalue weighted by Gasteiger charge is -2.08. The first kappa shape index (κ1) is 12.6. The molecule has 1 aromatic heterocycles. The Kier molecular flexibility index (Phi) is 3.98. The van der Waals surface area contributed by atoms with Gasteiger partial charge in [0.25, 0.3) is 0 Å². The number of ether oxygens (including phenoxy) is 1. The fourth-order valence-electron chi connectivity index (χ4n) is 1.83. The highest BCUT2D eigenvalue weighted by atomic mass is 16.5. The molecule has 0 fully saturated rings. The maximum absolute atomic E-state index is 5.74. The van der Waals surface area contributed by atoms with Crippen molar-refractivity contribution >= 4 is 0 Å². The first-order valence-corrected chi connectivity index (χ1v) is 6.33. The molecule has 2 rings (SSSR count). The normalized spacial score (nSPS) is 10.7.